The van der Waals surface area contributed by atoms with Crippen LogP contribution >= 0.6 is 0 Å². The molecule has 1 aliphatic rings. The molecule has 1 N–H and O–H groups in total. The molecule has 1 aromatic carbocycles. The summed E-state index contributed by atoms with van der Waals surface area (Å²) in [5, 5.41) is 3.71. The third-order valence-corrected chi connectivity index (χ3v) is 3.83. The quantitative estimate of drug-likeness (QED) is 0.797. The van der Waals surface area contributed by atoms with E-state index in [0.29, 0.717) is 6.04 Å². The Morgan fingerprint density at radius 3 is 2.69 bits per heavy atom. The van der Waals surface area contributed by atoms with E-state index in [-0.39, 0.29) is 0 Å². The lowest BCUT2D eigenvalue weighted by atomic mass is 9.77. The minimum Gasteiger partial charge on any atom is -0.313 e. The summed E-state index contributed by atoms with van der Waals surface area (Å²) in [6, 6.07) is 9.51. The fraction of sp³-hybridized carbons (Fsp3) is 0.600. The Bertz CT molecular complexity index is 343. The first-order chi connectivity index (χ1) is 7.72. The monoisotopic (exact) mass is 217 g/mol. The van der Waals surface area contributed by atoms with Gasteiger partial charge in [0.05, 0.1) is 0 Å². The van der Waals surface area contributed by atoms with Gasteiger partial charge >= 0.3 is 0 Å². The zero-order valence-electron chi connectivity index (χ0n) is 10.7. The Morgan fingerprint density at radius 2 is 2.06 bits per heavy atom. The molecule has 1 aliphatic carbocycles. The first-order valence-corrected chi connectivity index (χ1v) is 6.53. The van der Waals surface area contributed by atoms with Gasteiger partial charge < -0.3 is 5.32 Å². The molecule has 2 rings (SSSR count). The summed E-state index contributed by atoms with van der Waals surface area (Å²) in [4.78, 5) is 0. The van der Waals surface area contributed by atoms with E-state index in [0.717, 1.165) is 18.4 Å². The Labute approximate surface area is 99.3 Å². The Balaban J connectivity index is 1.85. The van der Waals surface area contributed by atoms with Crippen molar-refractivity contribution in [1.82, 2.24) is 5.32 Å². The number of rotatable bonds is 5. The van der Waals surface area contributed by atoms with Crippen LogP contribution in [0.1, 0.15) is 44.2 Å². The van der Waals surface area contributed by atoms with Gasteiger partial charge in [-0.25, -0.2) is 0 Å². The van der Waals surface area contributed by atoms with E-state index in [2.05, 4.69) is 50.4 Å². The van der Waals surface area contributed by atoms with Crippen molar-refractivity contribution in [1.29, 1.82) is 0 Å². The van der Waals surface area contributed by atoms with E-state index in [1.165, 1.54) is 12.8 Å². The summed E-state index contributed by atoms with van der Waals surface area (Å²) in [5.74, 6) is 1.49. The lowest BCUT2D eigenvalue weighted by Gasteiger charge is -2.32. The summed E-state index contributed by atoms with van der Waals surface area (Å²) in [7, 11) is 0. The zero-order valence-corrected chi connectivity index (χ0v) is 10.7. The van der Waals surface area contributed by atoms with Gasteiger partial charge in [0.25, 0.3) is 0 Å². The van der Waals surface area contributed by atoms with Crippen molar-refractivity contribution in [3.05, 3.63) is 35.4 Å². The molecular weight excluding hydrogens is 194 g/mol. The van der Waals surface area contributed by atoms with E-state index in [9.17, 15) is 0 Å². The molecule has 0 radical (unpaired) electrons. The van der Waals surface area contributed by atoms with Gasteiger partial charge in [-0.05, 0) is 29.9 Å². The third-order valence-electron chi connectivity index (χ3n) is 3.83. The predicted molar refractivity (Wildman–Crippen MR) is 69.8 cm³/mol. The molecule has 0 amide bonds. The molecule has 0 heterocycles. The van der Waals surface area contributed by atoms with Gasteiger partial charge in [-0.15, -0.1) is 0 Å². The maximum atomic E-state index is 3.71. The fourth-order valence-corrected chi connectivity index (χ4v) is 2.69. The van der Waals surface area contributed by atoms with Crippen molar-refractivity contribution in [3.63, 3.8) is 0 Å². The summed E-state index contributed by atoms with van der Waals surface area (Å²) < 4.78 is 0. The van der Waals surface area contributed by atoms with Crippen molar-refractivity contribution in [2.45, 2.75) is 45.6 Å². The molecule has 0 aliphatic heterocycles. The van der Waals surface area contributed by atoms with Crippen molar-refractivity contribution in [2.24, 2.45) is 5.92 Å². The Hall–Kier alpha value is -0.820. The summed E-state index contributed by atoms with van der Waals surface area (Å²) >= 11 is 0. The number of hydrogen-bond donors (Lipinski definition) is 1. The van der Waals surface area contributed by atoms with Crippen LogP contribution in [0, 0.1) is 5.92 Å². The van der Waals surface area contributed by atoms with Crippen LogP contribution in [-0.4, -0.2) is 12.6 Å². The van der Waals surface area contributed by atoms with E-state index < -0.39 is 0 Å². The lowest BCUT2D eigenvalue weighted by Crippen LogP contribution is -2.38. The molecule has 0 aromatic heterocycles. The summed E-state index contributed by atoms with van der Waals surface area (Å²) in [6.07, 6.45) is 2.49. The molecule has 1 heteroatoms. The van der Waals surface area contributed by atoms with Crippen molar-refractivity contribution in [3.8, 4) is 0 Å². The van der Waals surface area contributed by atoms with Gasteiger partial charge in [-0.2, -0.15) is 0 Å². The molecule has 1 nitrogen and oxygen atoms in total. The number of nitrogens with one attached hydrogen (secondary N) is 1. The molecule has 88 valence electrons. The predicted octanol–water partition coefficient (Wildman–Crippen LogP) is 3.35. The van der Waals surface area contributed by atoms with Crippen LogP contribution in [-0.2, 0) is 6.42 Å². The average Bonchev–Trinajstić information content (AvgIpc) is 2.24. The van der Waals surface area contributed by atoms with Gasteiger partial charge in [-0.1, -0.05) is 45.0 Å². The second-order valence-corrected chi connectivity index (χ2v) is 5.27. The zero-order chi connectivity index (χ0) is 11.5. The largest absolute Gasteiger partial charge is 0.313 e. The minimum absolute atomic E-state index is 0.674. The molecule has 0 saturated heterocycles. The molecular formula is C15H23N. The first-order valence-electron chi connectivity index (χ1n) is 6.53. The topological polar surface area (TPSA) is 12.0 Å². The molecule has 2 atom stereocenters. The van der Waals surface area contributed by atoms with Crippen LogP contribution in [0.15, 0.2) is 24.3 Å². The van der Waals surface area contributed by atoms with Crippen LogP contribution in [0.2, 0.25) is 0 Å². The maximum absolute atomic E-state index is 3.71. The highest BCUT2D eigenvalue weighted by molar-refractivity contribution is 5.40. The van der Waals surface area contributed by atoms with Gasteiger partial charge in [-0.3, -0.25) is 0 Å². The highest BCUT2D eigenvalue weighted by atomic mass is 14.9. The van der Waals surface area contributed by atoms with Gasteiger partial charge in [0, 0.05) is 18.5 Å². The molecule has 1 aromatic rings. The second kappa shape index (κ2) is 5.01. The van der Waals surface area contributed by atoms with E-state index in [1.54, 1.807) is 11.1 Å². The normalized spacial score (nSPS) is 20.4. The summed E-state index contributed by atoms with van der Waals surface area (Å²) in [6.45, 7) is 8.02. The van der Waals surface area contributed by atoms with Crippen molar-refractivity contribution < 1.29 is 0 Å². The molecule has 0 bridgehead atoms. The molecule has 0 fully saturated rings. The second-order valence-electron chi connectivity index (χ2n) is 5.27. The first kappa shape index (κ1) is 11.7. The maximum Gasteiger partial charge on any atom is 0.00876 e. The Kier molecular flexibility index (Phi) is 3.65. The highest BCUT2D eigenvalue weighted by Gasteiger charge is 2.25. The highest BCUT2D eigenvalue weighted by Crippen LogP contribution is 2.34. The fourth-order valence-electron chi connectivity index (χ4n) is 2.69. The third kappa shape index (κ3) is 2.30. The van der Waals surface area contributed by atoms with Crippen LogP contribution in [0.4, 0.5) is 0 Å². The molecule has 2 unspecified atom stereocenters. The average molecular weight is 217 g/mol. The number of fused-ring (bicyclic) bond motifs is 1. The van der Waals surface area contributed by atoms with E-state index in [4.69, 9.17) is 0 Å². The lowest BCUT2D eigenvalue weighted by molar-refractivity contribution is 0.369. The van der Waals surface area contributed by atoms with Crippen molar-refractivity contribution >= 4 is 0 Å². The smallest absolute Gasteiger partial charge is 0.00876 e. The number of hydrogen-bond acceptors (Lipinski definition) is 1. The molecule has 0 saturated carbocycles. The van der Waals surface area contributed by atoms with Crippen LogP contribution in [0.3, 0.4) is 0 Å². The van der Waals surface area contributed by atoms with Crippen LogP contribution < -0.4 is 5.32 Å². The van der Waals surface area contributed by atoms with Gasteiger partial charge in [0.15, 0.2) is 0 Å². The van der Waals surface area contributed by atoms with E-state index in [1.807, 2.05) is 0 Å². The van der Waals surface area contributed by atoms with Gasteiger partial charge in [0.1, 0.15) is 0 Å². The minimum atomic E-state index is 0.674. The Morgan fingerprint density at radius 1 is 1.31 bits per heavy atom. The van der Waals surface area contributed by atoms with Crippen molar-refractivity contribution in [2.75, 3.05) is 6.54 Å². The van der Waals surface area contributed by atoms with E-state index >= 15 is 0 Å². The molecule has 0 spiro atoms. The molecule has 16 heavy (non-hydrogen) atoms. The van der Waals surface area contributed by atoms with Crippen LogP contribution in [0.25, 0.3) is 0 Å². The van der Waals surface area contributed by atoms with Gasteiger partial charge in [0.2, 0.25) is 0 Å². The van der Waals surface area contributed by atoms with Crippen LogP contribution in [0.5, 0.6) is 0 Å². The summed E-state index contributed by atoms with van der Waals surface area (Å²) in [5.41, 5.74) is 3.11. The number of benzene rings is 1. The SMILES string of the molecule is CCC(NCC1Cc2ccccc21)C(C)C. The standard InChI is InChI=1S/C15H23N/c1-4-15(11(2)3)16-10-13-9-12-7-5-6-8-14(12)13/h5-8,11,13,15-16H,4,9-10H2,1-3H3.